The number of carbonyl (C=O) groups excluding carboxylic acids is 2. The Hall–Kier alpha value is 1.53. The Bertz CT molecular complexity index is 1190. The molecule has 0 radical (unpaired) electrons. The van der Waals surface area contributed by atoms with Gasteiger partial charge in [0.25, 0.3) is 0 Å². The summed E-state index contributed by atoms with van der Waals surface area (Å²) in [7, 11) is 5.07. The van der Waals surface area contributed by atoms with Gasteiger partial charge in [-0.05, 0) is 126 Å². The third-order valence-electron chi connectivity index (χ3n) is 13.9. The van der Waals surface area contributed by atoms with Gasteiger partial charge in [0, 0.05) is 58.0 Å². The van der Waals surface area contributed by atoms with Crippen molar-refractivity contribution in [1.82, 2.24) is 0 Å². The summed E-state index contributed by atoms with van der Waals surface area (Å²) in [5.74, 6) is 3.71. The summed E-state index contributed by atoms with van der Waals surface area (Å²) in [6.45, 7) is 6.47. The Morgan fingerprint density at radius 1 is 0.610 bits per heavy atom. The van der Waals surface area contributed by atoms with Crippen molar-refractivity contribution in [3.05, 3.63) is 0 Å². The number of aliphatic hydroxyl groups excluding tert-OH is 1. The summed E-state index contributed by atoms with van der Waals surface area (Å²) < 4.78 is 33.0. The molecule has 8 nitrogen and oxygen atoms in total. The fourth-order valence-electron chi connectivity index (χ4n) is 10.8. The number of hydrogen-bond donors (Lipinski definition) is 1. The molecular formula is C42H76O8S6Si3. The standard InChI is InChI=1S/C42H76O8S6Si3/c1-57(31-11-25-46-39(43)19-8-3-14-34-22-28-51-54-34)37-17-6-7-18-38-42(37)59(49-57,33-13-27-48-41(45)21-10-5-16-36-24-30-53-56-36)50-58(38,2)32-12-26-47-40(44)20-9-4-15-35-23-29-52-55-35/h34-38,41-42,45H,3-33H2,1-2H3. The smallest absolute Gasteiger partial charge is 0.321 e. The molecule has 8 atom stereocenters. The van der Waals surface area contributed by atoms with E-state index in [1.165, 1.54) is 81.5 Å². The zero-order valence-corrected chi connectivity index (χ0v) is 44.1. The fraction of sp³-hybridized carbons (Fsp3) is 0.952. The van der Waals surface area contributed by atoms with Crippen molar-refractivity contribution in [3.63, 3.8) is 0 Å². The Morgan fingerprint density at radius 2 is 1.07 bits per heavy atom. The highest BCUT2D eigenvalue weighted by molar-refractivity contribution is 8.78. The zero-order valence-electron chi connectivity index (χ0n) is 36.2. The van der Waals surface area contributed by atoms with Crippen LogP contribution in [0.15, 0.2) is 0 Å². The van der Waals surface area contributed by atoms with Crippen LogP contribution in [-0.2, 0) is 32.0 Å². The van der Waals surface area contributed by atoms with Crippen LogP contribution in [0.25, 0.3) is 0 Å². The van der Waals surface area contributed by atoms with E-state index in [1.807, 2.05) is 64.8 Å². The molecule has 0 spiro atoms. The molecule has 0 amide bonds. The van der Waals surface area contributed by atoms with Gasteiger partial charge < -0.3 is 27.5 Å². The molecule has 0 aromatic heterocycles. The van der Waals surface area contributed by atoms with E-state index in [0.717, 1.165) is 91.7 Å². The van der Waals surface area contributed by atoms with Gasteiger partial charge in [0.2, 0.25) is 0 Å². The molecule has 6 fully saturated rings. The van der Waals surface area contributed by atoms with Gasteiger partial charge >= 0.3 is 20.5 Å². The topological polar surface area (TPSA) is 101 Å². The first-order valence-corrected chi connectivity index (χ1v) is 38.2. The summed E-state index contributed by atoms with van der Waals surface area (Å²) in [5.41, 5.74) is 1.69. The Morgan fingerprint density at radius 3 is 1.53 bits per heavy atom. The molecule has 5 heterocycles. The number of aliphatic hydroxyl groups is 1. The van der Waals surface area contributed by atoms with E-state index >= 15 is 0 Å². The Balaban J connectivity index is 0.988. The van der Waals surface area contributed by atoms with Gasteiger partial charge in [-0.25, -0.2) is 0 Å². The van der Waals surface area contributed by atoms with Crippen LogP contribution in [0.3, 0.4) is 0 Å². The van der Waals surface area contributed by atoms with Crippen LogP contribution in [-0.4, -0.2) is 101 Å². The fourth-order valence-corrected chi connectivity index (χ4v) is 43.1. The van der Waals surface area contributed by atoms with Crippen LogP contribution in [0, 0.1) is 0 Å². The summed E-state index contributed by atoms with van der Waals surface area (Å²) in [6, 6.07) is 2.96. The summed E-state index contributed by atoms with van der Waals surface area (Å²) >= 11 is 0. The average molecular weight is 986 g/mol. The number of esters is 2. The van der Waals surface area contributed by atoms with Gasteiger partial charge in [-0.2, -0.15) is 0 Å². The van der Waals surface area contributed by atoms with Crippen molar-refractivity contribution in [2.24, 2.45) is 0 Å². The quantitative estimate of drug-likeness (QED) is 0.0265. The molecule has 0 aromatic rings. The van der Waals surface area contributed by atoms with E-state index in [9.17, 15) is 14.7 Å². The van der Waals surface area contributed by atoms with Gasteiger partial charge in [-0.1, -0.05) is 110 Å². The highest BCUT2D eigenvalue weighted by Gasteiger charge is 2.73. The number of ether oxygens (including phenoxy) is 3. The molecule has 6 rings (SSSR count). The lowest BCUT2D eigenvalue weighted by atomic mass is 10.1. The molecule has 1 saturated carbocycles. The lowest BCUT2D eigenvalue weighted by molar-refractivity contribution is -0.144. The molecule has 17 heteroatoms. The minimum absolute atomic E-state index is 0.0440. The van der Waals surface area contributed by atoms with Gasteiger partial charge in [-0.15, -0.1) is 0 Å². The van der Waals surface area contributed by atoms with Crippen LogP contribution in [0.1, 0.15) is 141 Å². The minimum Gasteiger partial charge on any atom is -0.466 e. The third-order valence-corrected chi connectivity index (χ3v) is 40.1. The Kier molecular flexibility index (Phi) is 22.0. The van der Waals surface area contributed by atoms with Gasteiger partial charge in [0.05, 0.1) is 13.2 Å². The summed E-state index contributed by atoms with van der Waals surface area (Å²) in [6.07, 6.45) is 22.5. The van der Waals surface area contributed by atoms with Crippen LogP contribution < -0.4 is 0 Å². The highest BCUT2D eigenvalue weighted by atomic mass is 33.1. The van der Waals surface area contributed by atoms with Gasteiger partial charge in [0.15, 0.2) is 22.9 Å². The van der Waals surface area contributed by atoms with E-state index in [1.54, 1.807) is 0 Å². The second-order valence-corrected chi connectivity index (χ2v) is 39.0. The zero-order chi connectivity index (χ0) is 41.4. The van der Waals surface area contributed by atoms with Crippen molar-refractivity contribution in [3.8, 4) is 0 Å². The number of unbranched alkanes of at least 4 members (excludes halogenated alkanes) is 3. The van der Waals surface area contributed by atoms with Crippen molar-refractivity contribution in [1.29, 1.82) is 0 Å². The second-order valence-electron chi connectivity index (χ2n) is 18.5. The van der Waals surface area contributed by atoms with E-state index < -0.39 is 31.5 Å². The van der Waals surface area contributed by atoms with Crippen molar-refractivity contribution in [2.45, 2.75) is 211 Å². The molecule has 6 aliphatic rings. The molecule has 1 N–H and O–H groups in total. The van der Waals surface area contributed by atoms with Crippen molar-refractivity contribution < 1.29 is 37.1 Å². The molecule has 8 unspecified atom stereocenters. The van der Waals surface area contributed by atoms with Gasteiger partial charge in [0.1, 0.15) is 0 Å². The molecule has 0 bridgehead atoms. The number of hydrogen-bond acceptors (Lipinski definition) is 14. The van der Waals surface area contributed by atoms with E-state index in [0.29, 0.717) is 55.7 Å². The molecular weight excluding hydrogens is 909 g/mol. The molecule has 1 aliphatic carbocycles. The summed E-state index contributed by atoms with van der Waals surface area (Å²) in [5, 5.41) is 13.0. The Labute approximate surface area is 384 Å². The summed E-state index contributed by atoms with van der Waals surface area (Å²) in [4.78, 5) is 25.3. The number of rotatable bonds is 28. The minimum atomic E-state index is -2.61. The van der Waals surface area contributed by atoms with Crippen LogP contribution in [0.5, 0.6) is 0 Å². The maximum Gasteiger partial charge on any atom is 0.321 e. The van der Waals surface area contributed by atoms with Crippen LogP contribution >= 0.6 is 64.8 Å². The molecule has 59 heavy (non-hydrogen) atoms. The molecule has 340 valence electrons. The second kappa shape index (κ2) is 26.0. The van der Waals surface area contributed by atoms with Crippen molar-refractivity contribution >= 4 is 102 Å². The first kappa shape index (κ1) is 50.0. The lowest BCUT2D eigenvalue weighted by Gasteiger charge is -2.37. The number of carbonyl (C=O) groups is 2. The van der Waals surface area contributed by atoms with Crippen LogP contribution in [0.2, 0.25) is 47.8 Å². The maximum atomic E-state index is 12.7. The van der Waals surface area contributed by atoms with E-state index in [4.69, 9.17) is 22.4 Å². The third kappa shape index (κ3) is 15.6. The van der Waals surface area contributed by atoms with E-state index in [2.05, 4.69) is 13.1 Å². The van der Waals surface area contributed by atoms with Gasteiger partial charge in [-0.3, -0.25) is 9.59 Å². The molecule has 5 saturated heterocycles. The maximum absolute atomic E-state index is 12.7. The highest BCUT2D eigenvalue weighted by Crippen LogP contribution is 2.70. The first-order valence-electron chi connectivity index (χ1n) is 23.5. The average Bonchev–Trinajstić information content (AvgIpc) is 4.07. The molecule has 0 aromatic carbocycles. The largest absolute Gasteiger partial charge is 0.466 e. The van der Waals surface area contributed by atoms with Crippen molar-refractivity contribution in [2.75, 3.05) is 37.1 Å². The lowest BCUT2D eigenvalue weighted by Crippen LogP contribution is -2.48. The SMILES string of the molecule is C[Si]1(CCCOC(=O)CCCCC2CCSS2)O[Si]2(CCCOC(O)CCCCC3CCSS3)O[Si](C)(CCCOC(=O)CCCCC3CCSS3)C3CCCCC1C32. The molecule has 5 aliphatic heterocycles. The normalized spacial score (nSPS) is 34.6. The monoisotopic (exact) mass is 984 g/mol. The first-order chi connectivity index (χ1) is 28.7. The predicted molar refractivity (Wildman–Crippen MR) is 264 cm³/mol. The predicted octanol–water partition coefficient (Wildman–Crippen LogP) is 13.1. The van der Waals surface area contributed by atoms with E-state index in [-0.39, 0.29) is 11.9 Å². The van der Waals surface area contributed by atoms with Crippen LogP contribution in [0.4, 0.5) is 0 Å².